The minimum Gasteiger partial charge on any atom is -0.266 e. The van der Waals surface area contributed by atoms with Crippen LogP contribution in [-0.4, -0.2) is 19.6 Å². The molecule has 0 saturated heterocycles. The highest BCUT2D eigenvalue weighted by molar-refractivity contribution is 9.10. The van der Waals surface area contributed by atoms with Crippen molar-refractivity contribution in [3.63, 3.8) is 0 Å². The van der Waals surface area contributed by atoms with E-state index >= 15 is 0 Å². The molecule has 0 fully saturated rings. The monoisotopic (exact) mass is 398 g/mol. The molecule has 6 nitrogen and oxygen atoms in total. The molecule has 122 valence electrons. The molecular weight excluding hydrogens is 384 g/mol. The molecule has 23 heavy (non-hydrogen) atoms. The van der Waals surface area contributed by atoms with Gasteiger partial charge in [0.05, 0.1) is 23.4 Å². The summed E-state index contributed by atoms with van der Waals surface area (Å²) in [4.78, 5) is 10.6. The van der Waals surface area contributed by atoms with Crippen molar-refractivity contribution in [2.75, 3.05) is 10.6 Å². The Morgan fingerprint density at radius 3 is 2.43 bits per heavy atom. The van der Waals surface area contributed by atoms with Crippen molar-refractivity contribution in [1.29, 1.82) is 0 Å². The van der Waals surface area contributed by atoms with E-state index in [1.807, 2.05) is 0 Å². The third kappa shape index (κ3) is 4.08. The van der Waals surface area contributed by atoms with E-state index in [4.69, 9.17) is 0 Å². The summed E-state index contributed by atoms with van der Waals surface area (Å²) in [6, 6.07) is 11.6. The van der Waals surface area contributed by atoms with Crippen molar-refractivity contribution in [2.24, 2.45) is 0 Å². The standard InChI is InChI=1S/C15H15BrN2O4S/c1-11-12(5-3-8-15(11)18(19)20)10-17(23(2,21)22)14-7-4-6-13(16)9-14/h3-9H,10H2,1-2H3. The molecule has 0 radical (unpaired) electrons. The SMILES string of the molecule is Cc1c(CN(c2cccc(Br)c2)S(C)(=O)=O)cccc1[N+](=O)[O-]. The van der Waals surface area contributed by atoms with Crippen LogP contribution < -0.4 is 4.31 Å². The summed E-state index contributed by atoms with van der Waals surface area (Å²) in [6.07, 6.45) is 1.11. The Kier molecular flexibility index (Phi) is 5.06. The molecular formula is C15H15BrN2O4S. The molecule has 2 aromatic carbocycles. The van der Waals surface area contributed by atoms with Crippen molar-refractivity contribution in [1.82, 2.24) is 0 Å². The number of benzene rings is 2. The van der Waals surface area contributed by atoms with E-state index < -0.39 is 14.9 Å². The third-order valence-electron chi connectivity index (χ3n) is 3.42. The number of nitro groups is 1. The lowest BCUT2D eigenvalue weighted by molar-refractivity contribution is -0.385. The van der Waals surface area contributed by atoms with Gasteiger partial charge in [-0.1, -0.05) is 34.1 Å². The van der Waals surface area contributed by atoms with Crippen LogP contribution in [0.1, 0.15) is 11.1 Å². The molecule has 0 atom stereocenters. The Labute approximate surface area is 143 Å². The van der Waals surface area contributed by atoms with Crippen LogP contribution in [-0.2, 0) is 16.6 Å². The maximum absolute atomic E-state index is 12.2. The zero-order valence-electron chi connectivity index (χ0n) is 12.6. The summed E-state index contributed by atoms with van der Waals surface area (Å²) in [6.45, 7) is 1.65. The maximum atomic E-state index is 12.2. The van der Waals surface area contributed by atoms with Crippen LogP contribution in [0, 0.1) is 17.0 Å². The molecule has 8 heteroatoms. The van der Waals surface area contributed by atoms with E-state index in [2.05, 4.69) is 15.9 Å². The molecule has 0 aliphatic carbocycles. The van der Waals surface area contributed by atoms with E-state index in [1.165, 1.54) is 10.4 Å². The highest BCUT2D eigenvalue weighted by Crippen LogP contribution is 2.27. The van der Waals surface area contributed by atoms with Gasteiger partial charge in [0, 0.05) is 16.1 Å². The minimum atomic E-state index is -3.54. The minimum absolute atomic E-state index is 0.0230. The molecule has 0 aromatic heterocycles. The molecule has 0 bridgehead atoms. The zero-order valence-corrected chi connectivity index (χ0v) is 15.0. The van der Waals surface area contributed by atoms with Crippen LogP contribution in [0.2, 0.25) is 0 Å². The number of sulfonamides is 1. The summed E-state index contributed by atoms with van der Waals surface area (Å²) < 4.78 is 26.3. The van der Waals surface area contributed by atoms with Crippen LogP contribution in [0.3, 0.4) is 0 Å². The van der Waals surface area contributed by atoms with Crippen LogP contribution in [0.4, 0.5) is 11.4 Å². The van der Waals surface area contributed by atoms with E-state index in [9.17, 15) is 18.5 Å². The molecule has 2 aromatic rings. The van der Waals surface area contributed by atoms with Gasteiger partial charge in [-0.25, -0.2) is 8.42 Å². The van der Waals surface area contributed by atoms with E-state index in [0.29, 0.717) is 16.8 Å². The predicted octanol–water partition coefficient (Wildman–Crippen LogP) is 3.63. The van der Waals surface area contributed by atoms with Crippen molar-refractivity contribution in [3.05, 3.63) is 68.2 Å². The molecule has 0 unspecified atom stereocenters. The van der Waals surface area contributed by atoms with Crippen molar-refractivity contribution < 1.29 is 13.3 Å². The van der Waals surface area contributed by atoms with Crippen LogP contribution >= 0.6 is 15.9 Å². The largest absolute Gasteiger partial charge is 0.272 e. The Morgan fingerprint density at radius 2 is 1.87 bits per heavy atom. The first-order valence-electron chi connectivity index (χ1n) is 6.66. The number of anilines is 1. The lowest BCUT2D eigenvalue weighted by Gasteiger charge is -2.23. The first kappa shape index (κ1) is 17.4. The lowest BCUT2D eigenvalue weighted by atomic mass is 10.1. The van der Waals surface area contributed by atoms with E-state index in [-0.39, 0.29) is 12.2 Å². The number of hydrogen-bond acceptors (Lipinski definition) is 4. The average Bonchev–Trinajstić information content (AvgIpc) is 2.44. The van der Waals surface area contributed by atoms with Crippen molar-refractivity contribution >= 4 is 37.3 Å². The molecule has 0 aliphatic heterocycles. The fourth-order valence-corrected chi connectivity index (χ4v) is 3.48. The first-order valence-corrected chi connectivity index (χ1v) is 9.30. The normalized spacial score (nSPS) is 11.3. The number of hydrogen-bond donors (Lipinski definition) is 0. The highest BCUT2D eigenvalue weighted by Gasteiger charge is 2.21. The van der Waals surface area contributed by atoms with Crippen LogP contribution in [0.25, 0.3) is 0 Å². The predicted molar refractivity (Wildman–Crippen MR) is 93.0 cm³/mol. The van der Waals surface area contributed by atoms with Crippen LogP contribution in [0.5, 0.6) is 0 Å². The van der Waals surface area contributed by atoms with Gasteiger partial charge in [0.25, 0.3) is 5.69 Å². The Balaban J connectivity index is 2.49. The summed E-state index contributed by atoms with van der Waals surface area (Å²) >= 11 is 3.32. The fraction of sp³-hybridized carbons (Fsp3) is 0.200. The fourth-order valence-electron chi connectivity index (χ4n) is 2.22. The molecule has 0 N–H and O–H groups in total. The molecule has 2 rings (SSSR count). The second kappa shape index (κ2) is 6.67. The number of rotatable bonds is 5. The Hall–Kier alpha value is -1.93. The van der Waals surface area contributed by atoms with Gasteiger partial charge in [0.2, 0.25) is 10.0 Å². The Bertz CT molecular complexity index is 852. The smallest absolute Gasteiger partial charge is 0.266 e. The van der Waals surface area contributed by atoms with Gasteiger partial charge >= 0.3 is 0 Å². The summed E-state index contributed by atoms with van der Waals surface area (Å²) in [7, 11) is -3.54. The Morgan fingerprint density at radius 1 is 1.22 bits per heavy atom. The summed E-state index contributed by atoms with van der Waals surface area (Å²) in [5.41, 5.74) is 1.52. The maximum Gasteiger partial charge on any atom is 0.272 e. The average molecular weight is 399 g/mol. The van der Waals surface area contributed by atoms with Gasteiger partial charge < -0.3 is 0 Å². The van der Waals surface area contributed by atoms with Gasteiger partial charge in [-0.15, -0.1) is 0 Å². The topological polar surface area (TPSA) is 80.5 Å². The van der Waals surface area contributed by atoms with Crippen LogP contribution in [0.15, 0.2) is 46.9 Å². The molecule has 0 amide bonds. The summed E-state index contributed by atoms with van der Waals surface area (Å²) in [5, 5.41) is 11.0. The van der Waals surface area contributed by atoms with Crippen molar-refractivity contribution in [2.45, 2.75) is 13.5 Å². The molecule has 0 spiro atoms. The summed E-state index contributed by atoms with van der Waals surface area (Å²) in [5.74, 6) is 0. The molecule has 0 saturated carbocycles. The van der Waals surface area contributed by atoms with Gasteiger partial charge in [0.1, 0.15) is 0 Å². The lowest BCUT2D eigenvalue weighted by Crippen LogP contribution is -2.29. The molecule has 0 aliphatic rings. The van der Waals surface area contributed by atoms with Gasteiger partial charge in [-0.2, -0.15) is 0 Å². The third-order valence-corrected chi connectivity index (χ3v) is 5.06. The van der Waals surface area contributed by atoms with Gasteiger partial charge in [-0.3, -0.25) is 14.4 Å². The van der Waals surface area contributed by atoms with E-state index in [0.717, 1.165) is 10.7 Å². The highest BCUT2D eigenvalue weighted by atomic mass is 79.9. The zero-order chi connectivity index (χ0) is 17.2. The van der Waals surface area contributed by atoms with Crippen molar-refractivity contribution in [3.8, 4) is 0 Å². The number of halogens is 1. The second-order valence-electron chi connectivity index (χ2n) is 5.07. The van der Waals surface area contributed by atoms with Gasteiger partial charge in [-0.05, 0) is 30.7 Å². The molecule has 0 heterocycles. The quantitative estimate of drug-likeness (QED) is 0.568. The first-order chi connectivity index (χ1) is 10.7. The van der Waals surface area contributed by atoms with E-state index in [1.54, 1.807) is 43.3 Å². The number of nitro benzene ring substituents is 1. The number of nitrogens with zero attached hydrogens (tertiary/aromatic N) is 2. The second-order valence-corrected chi connectivity index (χ2v) is 7.89. The van der Waals surface area contributed by atoms with Gasteiger partial charge in [0.15, 0.2) is 0 Å².